The lowest BCUT2D eigenvalue weighted by atomic mass is 10.1. The number of anilines is 1. The highest BCUT2D eigenvalue weighted by molar-refractivity contribution is 6.29. The molecule has 0 aliphatic rings. The molecule has 1 unspecified atom stereocenters. The van der Waals surface area contributed by atoms with Crippen molar-refractivity contribution in [2.24, 2.45) is 0 Å². The van der Waals surface area contributed by atoms with Crippen molar-refractivity contribution in [3.63, 3.8) is 0 Å². The van der Waals surface area contributed by atoms with Crippen LogP contribution in [0.25, 0.3) is 0 Å². The van der Waals surface area contributed by atoms with Crippen molar-refractivity contribution in [2.45, 2.75) is 33.2 Å². The molecular weight excluding hydrogens is 284 g/mol. The summed E-state index contributed by atoms with van der Waals surface area (Å²) in [7, 11) is 0. The summed E-state index contributed by atoms with van der Waals surface area (Å²) in [6.45, 7) is 6.92. The van der Waals surface area contributed by atoms with Gasteiger partial charge in [0.05, 0.1) is 18.0 Å². The third kappa shape index (κ3) is 4.36. The van der Waals surface area contributed by atoms with Gasteiger partial charge in [-0.25, -0.2) is 4.98 Å². The fraction of sp³-hybridized carbons (Fsp3) is 0.353. The maximum atomic E-state index is 5.88. The summed E-state index contributed by atoms with van der Waals surface area (Å²) in [6.07, 6.45) is 1.02. The molecule has 1 atom stereocenters. The second-order valence-corrected chi connectivity index (χ2v) is 5.44. The number of benzene rings is 1. The van der Waals surface area contributed by atoms with Gasteiger partial charge in [-0.2, -0.15) is 0 Å². The van der Waals surface area contributed by atoms with Gasteiger partial charge in [0.2, 0.25) is 0 Å². The smallest absolute Gasteiger partial charge is 0.129 e. The summed E-state index contributed by atoms with van der Waals surface area (Å²) in [5.74, 6) is 0.914. The molecule has 1 aromatic heterocycles. The Bertz CT molecular complexity index is 584. The van der Waals surface area contributed by atoms with Crippen molar-refractivity contribution >= 4 is 17.3 Å². The lowest BCUT2D eigenvalue weighted by molar-refractivity contribution is 0.317. The van der Waals surface area contributed by atoms with Gasteiger partial charge in [0, 0.05) is 6.04 Å². The molecule has 0 saturated heterocycles. The molecule has 1 heterocycles. The van der Waals surface area contributed by atoms with Gasteiger partial charge in [-0.05, 0) is 50.1 Å². The van der Waals surface area contributed by atoms with Crippen LogP contribution in [-0.2, 0) is 0 Å². The lowest BCUT2D eigenvalue weighted by Crippen LogP contribution is -2.08. The highest BCUT2D eigenvalue weighted by atomic mass is 35.5. The number of rotatable bonds is 6. The number of pyridine rings is 1. The van der Waals surface area contributed by atoms with Gasteiger partial charge >= 0.3 is 0 Å². The van der Waals surface area contributed by atoms with E-state index in [1.165, 1.54) is 5.56 Å². The first-order valence-corrected chi connectivity index (χ1v) is 7.60. The van der Waals surface area contributed by atoms with E-state index in [1.54, 1.807) is 6.07 Å². The topological polar surface area (TPSA) is 34.1 Å². The summed E-state index contributed by atoms with van der Waals surface area (Å²) >= 11 is 5.88. The zero-order valence-corrected chi connectivity index (χ0v) is 13.4. The normalized spacial score (nSPS) is 12.0. The van der Waals surface area contributed by atoms with E-state index in [9.17, 15) is 0 Å². The Labute approximate surface area is 131 Å². The SMILES string of the molecule is CCCOc1ccc(C(C)Nc2ccc(Cl)nc2C)cc1. The molecular formula is C17H21ClN2O. The first-order valence-electron chi connectivity index (χ1n) is 7.22. The van der Waals surface area contributed by atoms with Crippen LogP contribution >= 0.6 is 11.6 Å². The van der Waals surface area contributed by atoms with Gasteiger partial charge in [0.15, 0.2) is 0 Å². The summed E-state index contributed by atoms with van der Waals surface area (Å²) < 4.78 is 5.60. The molecule has 112 valence electrons. The Morgan fingerprint density at radius 3 is 2.52 bits per heavy atom. The largest absolute Gasteiger partial charge is 0.494 e. The van der Waals surface area contributed by atoms with E-state index in [4.69, 9.17) is 16.3 Å². The highest BCUT2D eigenvalue weighted by Crippen LogP contribution is 2.24. The molecule has 2 aromatic rings. The second-order valence-electron chi connectivity index (χ2n) is 5.05. The van der Waals surface area contributed by atoms with Gasteiger partial charge in [-0.1, -0.05) is 30.7 Å². The van der Waals surface area contributed by atoms with Gasteiger partial charge in [-0.3, -0.25) is 0 Å². The van der Waals surface area contributed by atoms with Crippen LogP contribution in [0.4, 0.5) is 5.69 Å². The van der Waals surface area contributed by atoms with Crippen molar-refractivity contribution < 1.29 is 4.74 Å². The summed E-state index contributed by atoms with van der Waals surface area (Å²) in [5, 5.41) is 3.97. The predicted octanol–water partition coefficient (Wildman–Crippen LogP) is 5.01. The van der Waals surface area contributed by atoms with Crippen molar-refractivity contribution in [3.8, 4) is 5.75 Å². The number of ether oxygens (including phenoxy) is 1. The van der Waals surface area contributed by atoms with Crippen molar-refractivity contribution in [2.75, 3.05) is 11.9 Å². The molecule has 1 aromatic carbocycles. The van der Waals surface area contributed by atoms with E-state index in [0.29, 0.717) is 5.15 Å². The van der Waals surface area contributed by atoms with Crippen LogP contribution in [-0.4, -0.2) is 11.6 Å². The van der Waals surface area contributed by atoms with E-state index in [1.807, 2.05) is 25.1 Å². The molecule has 0 aliphatic heterocycles. The van der Waals surface area contributed by atoms with Crippen LogP contribution in [0.5, 0.6) is 5.75 Å². The zero-order valence-electron chi connectivity index (χ0n) is 12.7. The standard InChI is InChI=1S/C17H21ClN2O/c1-4-11-21-15-7-5-14(6-8-15)12(2)19-16-9-10-17(18)20-13(16)3/h5-10,12,19H,4,11H2,1-3H3. The Kier molecular flexibility index (Phi) is 5.45. The van der Waals surface area contributed by atoms with E-state index >= 15 is 0 Å². The third-order valence-corrected chi connectivity index (χ3v) is 3.49. The average molecular weight is 305 g/mol. The number of nitrogens with one attached hydrogen (secondary N) is 1. The molecule has 0 radical (unpaired) electrons. The Hall–Kier alpha value is -1.74. The van der Waals surface area contributed by atoms with Gasteiger partial charge in [-0.15, -0.1) is 0 Å². The van der Waals surface area contributed by atoms with Gasteiger partial charge < -0.3 is 10.1 Å². The molecule has 1 N–H and O–H groups in total. The fourth-order valence-electron chi connectivity index (χ4n) is 2.07. The molecule has 0 saturated carbocycles. The minimum Gasteiger partial charge on any atom is -0.494 e. The van der Waals surface area contributed by atoms with Crippen molar-refractivity contribution in [3.05, 3.63) is 52.8 Å². The molecule has 0 fully saturated rings. The average Bonchev–Trinajstić information content (AvgIpc) is 2.48. The van der Waals surface area contributed by atoms with E-state index in [-0.39, 0.29) is 6.04 Å². The maximum Gasteiger partial charge on any atom is 0.129 e. The number of hydrogen-bond donors (Lipinski definition) is 1. The molecule has 0 bridgehead atoms. The van der Waals surface area contributed by atoms with Crippen LogP contribution in [0.15, 0.2) is 36.4 Å². The Balaban J connectivity index is 2.04. The number of aromatic nitrogens is 1. The summed E-state index contributed by atoms with van der Waals surface area (Å²) in [6, 6.07) is 12.1. The number of halogens is 1. The maximum absolute atomic E-state index is 5.88. The van der Waals surface area contributed by atoms with Crippen LogP contribution in [0.1, 0.15) is 37.6 Å². The van der Waals surface area contributed by atoms with Crippen LogP contribution < -0.4 is 10.1 Å². The van der Waals surface area contributed by atoms with E-state index in [0.717, 1.165) is 30.2 Å². The number of nitrogens with zero attached hydrogens (tertiary/aromatic N) is 1. The summed E-state index contributed by atoms with van der Waals surface area (Å²) in [5.41, 5.74) is 3.10. The van der Waals surface area contributed by atoms with Crippen LogP contribution in [0.2, 0.25) is 5.15 Å². The first-order chi connectivity index (χ1) is 10.1. The Morgan fingerprint density at radius 1 is 1.19 bits per heavy atom. The third-order valence-electron chi connectivity index (χ3n) is 3.28. The molecule has 0 aliphatic carbocycles. The molecule has 4 heteroatoms. The first kappa shape index (κ1) is 15.6. The van der Waals surface area contributed by atoms with E-state index < -0.39 is 0 Å². The quantitative estimate of drug-likeness (QED) is 0.762. The predicted molar refractivity (Wildman–Crippen MR) is 88.2 cm³/mol. The Morgan fingerprint density at radius 2 is 1.90 bits per heavy atom. The van der Waals surface area contributed by atoms with Crippen LogP contribution in [0, 0.1) is 6.92 Å². The zero-order chi connectivity index (χ0) is 15.2. The van der Waals surface area contributed by atoms with Crippen molar-refractivity contribution in [1.29, 1.82) is 0 Å². The second kappa shape index (κ2) is 7.32. The van der Waals surface area contributed by atoms with Gasteiger partial charge in [0.25, 0.3) is 0 Å². The van der Waals surface area contributed by atoms with Gasteiger partial charge in [0.1, 0.15) is 10.9 Å². The minimum absolute atomic E-state index is 0.187. The molecule has 0 spiro atoms. The monoisotopic (exact) mass is 304 g/mol. The van der Waals surface area contributed by atoms with Crippen LogP contribution in [0.3, 0.4) is 0 Å². The fourth-order valence-corrected chi connectivity index (χ4v) is 2.26. The number of hydrogen-bond acceptors (Lipinski definition) is 3. The molecule has 0 amide bonds. The lowest BCUT2D eigenvalue weighted by Gasteiger charge is -2.17. The van der Waals surface area contributed by atoms with E-state index in [2.05, 4.69) is 36.3 Å². The van der Waals surface area contributed by atoms with Crippen molar-refractivity contribution in [1.82, 2.24) is 4.98 Å². The molecule has 2 rings (SSSR count). The molecule has 3 nitrogen and oxygen atoms in total. The summed E-state index contributed by atoms with van der Waals surface area (Å²) in [4.78, 5) is 4.25. The highest BCUT2D eigenvalue weighted by Gasteiger charge is 2.08. The minimum atomic E-state index is 0.187. The number of aryl methyl sites for hydroxylation is 1. The molecule has 21 heavy (non-hydrogen) atoms.